The summed E-state index contributed by atoms with van der Waals surface area (Å²) in [5.74, 6) is -1.65. The number of hydrogen-bond acceptors (Lipinski definition) is 3. The Morgan fingerprint density at radius 3 is 2.18 bits per heavy atom. The van der Waals surface area contributed by atoms with Crippen molar-refractivity contribution in [2.75, 3.05) is 0 Å². The quantitative estimate of drug-likeness (QED) is 0.622. The predicted molar refractivity (Wildman–Crippen MR) is 109 cm³/mol. The predicted octanol–water partition coefficient (Wildman–Crippen LogP) is 3.60. The van der Waals surface area contributed by atoms with Crippen LogP contribution in [0.4, 0.5) is 0 Å². The average Bonchev–Trinajstić information content (AvgIpc) is 2.70. The van der Waals surface area contributed by atoms with Crippen molar-refractivity contribution < 1.29 is 14.4 Å². The Labute approximate surface area is 173 Å². The van der Waals surface area contributed by atoms with Crippen LogP contribution < -0.4 is 16.2 Å². The van der Waals surface area contributed by atoms with Crippen LogP contribution in [-0.4, -0.2) is 23.8 Å². The highest BCUT2D eigenvalue weighted by Crippen LogP contribution is 2.15. The Morgan fingerprint density at radius 1 is 0.929 bits per heavy atom. The number of benzene rings is 2. The van der Waals surface area contributed by atoms with Crippen molar-refractivity contribution in [1.29, 1.82) is 0 Å². The summed E-state index contributed by atoms with van der Waals surface area (Å²) < 4.78 is 0. The smallest absolute Gasteiger partial charge is 0.271 e. The first-order valence-electron chi connectivity index (χ1n) is 8.74. The van der Waals surface area contributed by atoms with Crippen LogP contribution in [0.5, 0.6) is 0 Å². The molecule has 8 heteroatoms. The van der Waals surface area contributed by atoms with E-state index in [1.54, 1.807) is 42.5 Å². The van der Waals surface area contributed by atoms with Crippen molar-refractivity contribution in [1.82, 2.24) is 16.2 Å². The maximum atomic E-state index is 12.6. The lowest BCUT2D eigenvalue weighted by atomic mass is 9.98. The summed E-state index contributed by atoms with van der Waals surface area (Å²) in [4.78, 5) is 37.2. The average molecular weight is 422 g/mol. The molecule has 2 aromatic rings. The Kier molecular flexibility index (Phi) is 7.84. The number of halogens is 2. The van der Waals surface area contributed by atoms with Crippen molar-refractivity contribution in [2.24, 2.45) is 5.92 Å². The lowest BCUT2D eigenvalue weighted by Gasteiger charge is -2.23. The van der Waals surface area contributed by atoms with Gasteiger partial charge in [-0.15, -0.1) is 0 Å². The second-order valence-electron chi connectivity index (χ2n) is 6.27. The fourth-order valence-electron chi connectivity index (χ4n) is 2.44. The van der Waals surface area contributed by atoms with E-state index in [0.717, 1.165) is 0 Å². The molecule has 3 amide bonds. The van der Waals surface area contributed by atoms with Crippen LogP contribution in [0, 0.1) is 5.92 Å². The van der Waals surface area contributed by atoms with Crippen molar-refractivity contribution in [3.05, 3.63) is 69.7 Å². The van der Waals surface area contributed by atoms with Gasteiger partial charge in [0.1, 0.15) is 6.04 Å². The highest BCUT2D eigenvalue weighted by atomic mass is 35.5. The topological polar surface area (TPSA) is 87.3 Å². The van der Waals surface area contributed by atoms with Gasteiger partial charge in [-0.05, 0) is 42.3 Å². The van der Waals surface area contributed by atoms with E-state index in [4.69, 9.17) is 23.2 Å². The highest BCUT2D eigenvalue weighted by Gasteiger charge is 2.27. The minimum Gasteiger partial charge on any atom is -0.340 e. The zero-order chi connectivity index (χ0) is 20.7. The molecule has 6 nitrogen and oxygen atoms in total. The number of hydrogen-bond donors (Lipinski definition) is 3. The van der Waals surface area contributed by atoms with Crippen LogP contribution in [0.1, 0.15) is 41.0 Å². The normalized spacial score (nSPS) is 12.6. The van der Waals surface area contributed by atoms with E-state index in [9.17, 15) is 14.4 Å². The maximum Gasteiger partial charge on any atom is 0.271 e. The number of nitrogens with one attached hydrogen (secondary N) is 3. The van der Waals surface area contributed by atoms with Crippen molar-refractivity contribution in [3.63, 3.8) is 0 Å². The molecule has 0 aliphatic heterocycles. The van der Waals surface area contributed by atoms with Crippen LogP contribution in [0.25, 0.3) is 0 Å². The van der Waals surface area contributed by atoms with Gasteiger partial charge in [-0.1, -0.05) is 55.6 Å². The Hall–Kier alpha value is -2.57. The lowest BCUT2D eigenvalue weighted by Crippen LogP contribution is -2.54. The third-order valence-electron chi connectivity index (χ3n) is 4.31. The molecule has 0 aromatic heterocycles. The minimum absolute atomic E-state index is 0.159. The molecule has 0 aliphatic carbocycles. The fourth-order valence-corrected chi connectivity index (χ4v) is 2.78. The minimum atomic E-state index is -0.834. The highest BCUT2D eigenvalue weighted by molar-refractivity contribution is 6.33. The number of carbonyl (C=O) groups is 3. The van der Waals surface area contributed by atoms with Crippen molar-refractivity contribution >= 4 is 40.9 Å². The molecule has 0 saturated carbocycles. The standard InChI is InChI=1S/C20H21Cl2N3O3/c1-3-12(2)17(23-18(26)13-8-10-14(21)11-9-13)20(28)25-24-19(27)15-6-4-5-7-16(15)22/h4-12,17H,3H2,1-2H3,(H,23,26)(H,24,27)(H,25,28). The third kappa shape index (κ3) is 5.71. The zero-order valence-electron chi connectivity index (χ0n) is 15.5. The first-order valence-corrected chi connectivity index (χ1v) is 9.50. The Morgan fingerprint density at radius 2 is 1.57 bits per heavy atom. The molecule has 2 rings (SSSR count). The molecule has 0 spiro atoms. The van der Waals surface area contributed by atoms with Gasteiger partial charge in [0, 0.05) is 10.6 Å². The van der Waals surface area contributed by atoms with Crippen molar-refractivity contribution in [3.8, 4) is 0 Å². The summed E-state index contributed by atoms with van der Waals surface area (Å²) in [6.45, 7) is 3.74. The van der Waals surface area contributed by atoms with Crippen LogP contribution in [0.2, 0.25) is 10.0 Å². The lowest BCUT2D eigenvalue weighted by molar-refractivity contribution is -0.124. The molecule has 2 unspecified atom stereocenters. The van der Waals surface area contributed by atoms with E-state index in [2.05, 4.69) is 16.2 Å². The van der Waals surface area contributed by atoms with Crippen LogP contribution in [0.15, 0.2) is 48.5 Å². The Bertz CT molecular complexity index is 856. The third-order valence-corrected chi connectivity index (χ3v) is 4.89. The van der Waals surface area contributed by atoms with Crippen molar-refractivity contribution in [2.45, 2.75) is 26.3 Å². The monoisotopic (exact) mass is 421 g/mol. The molecular formula is C20H21Cl2N3O3. The molecule has 148 valence electrons. The first kappa shape index (κ1) is 21.7. The molecule has 3 N–H and O–H groups in total. The summed E-state index contributed by atoms with van der Waals surface area (Å²) in [7, 11) is 0. The number of rotatable bonds is 6. The van der Waals surface area contributed by atoms with E-state index in [1.807, 2.05) is 13.8 Å². The first-order chi connectivity index (χ1) is 13.3. The van der Waals surface area contributed by atoms with E-state index < -0.39 is 23.8 Å². The zero-order valence-corrected chi connectivity index (χ0v) is 17.0. The van der Waals surface area contributed by atoms with Gasteiger partial charge < -0.3 is 5.32 Å². The van der Waals surface area contributed by atoms with Gasteiger partial charge in [-0.2, -0.15) is 0 Å². The SMILES string of the molecule is CCC(C)C(NC(=O)c1ccc(Cl)cc1)C(=O)NNC(=O)c1ccccc1Cl. The van der Waals surface area contributed by atoms with E-state index >= 15 is 0 Å². The summed E-state index contributed by atoms with van der Waals surface area (Å²) in [5, 5.41) is 3.48. The second-order valence-corrected chi connectivity index (χ2v) is 7.11. The van der Waals surface area contributed by atoms with Gasteiger partial charge >= 0.3 is 0 Å². The number of carbonyl (C=O) groups excluding carboxylic acids is 3. The summed E-state index contributed by atoms with van der Waals surface area (Å²) in [6.07, 6.45) is 0.650. The molecule has 0 aliphatic rings. The molecule has 0 fully saturated rings. The molecule has 28 heavy (non-hydrogen) atoms. The molecule has 2 aromatic carbocycles. The summed E-state index contributed by atoms with van der Waals surface area (Å²) in [6, 6.07) is 12.0. The van der Waals surface area contributed by atoms with Crippen LogP contribution in [0.3, 0.4) is 0 Å². The molecule has 0 heterocycles. The molecular weight excluding hydrogens is 401 g/mol. The molecule has 0 saturated heterocycles. The van der Waals surface area contributed by atoms with E-state index in [1.165, 1.54) is 6.07 Å². The van der Waals surface area contributed by atoms with Crippen LogP contribution in [-0.2, 0) is 4.79 Å². The molecule has 2 atom stereocenters. The van der Waals surface area contributed by atoms with E-state index in [-0.39, 0.29) is 16.5 Å². The largest absolute Gasteiger partial charge is 0.340 e. The van der Waals surface area contributed by atoms with Gasteiger partial charge in [-0.3, -0.25) is 25.2 Å². The van der Waals surface area contributed by atoms with Gasteiger partial charge in [0.25, 0.3) is 17.7 Å². The summed E-state index contributed by atoms with van der Waals surface area (Å²) >= 11 is 11.8. The summed E-state index contributed by atoms with van der Waals surface area (Å²) in [5.41, 5.74) is 5.30. The van der Waals surface area contributed by atoms with Crippen LogP contribution >= 0.6 is 23.2 Å². The molecule has 0 bridgehead atoms. The van der Waals surface area contributed by atoms with Gasteiger partial charge in [0.15, 0.2) is 0 Å². The van der Waals surface area contributed by atoms with E-state index in [0.29, 0.717) is 17.0 Å². The fraction of sp³-hybridized carbons (Fsp3) is 0.250. The maximum absolute atomic E-state index is 12.6. The number of hydrazine groups is 1. The number of amides is 3. The molecule has 0 radical (unpaired) electrons. The van der Waals surface area contributed by atoms with Gasteiger partial charge in [0.2, 0.25) is 0 Å². The van der Waals surface area contributed by atoms with Gasteiger partial charge in [-0.25, -0.2) is 0 Å². The second kappa shape index (κ2) is 10.1. The van der Waals surface area contributed by atoms with Gasteiger partial charge in [0.05, 0.1) is 10.6 Å². The Balaban J connectivity index is 2.04.